The van der Waals surface area contributed by atoms with Gasteiger partial charge in [-0.2, -0.15) is 15.0 Å². The standard InChI is InChI=1S/C12H13ClN4O2/c1-14-11-15-10(16-12(17-11)19-3)8-6-7(13)4-5-9(8)18-2/h4-6H,1-3H3,(H,14,15,16,17). The van der Waals surface area contributed by atoms with Crippen LogP contribution in [0.4, 0.5) is 5.95 Å². The fourth-order valence-electron chi connectivity index (χ4n) is 1.53. The lowest BCUT2D eigenvalue weighted by molar-refractivity contribution is 0.379. The molecule has 0 unspecified atom stereocenters. The van der Waals surface area contributed by atoms with Gasteiger partial charge in [-0.25, -0.2) is 0 Å². The highest BCUT2D eigenvalue weighted by molar-refractivity contribution is 6.30. The van der Waals surface area contributed by atoms with Gasteiger partial charge in [0, 0.05) is 12.1 Å². The molecule has 0 aliphatic rings. The van der Waals surface area contributed by atoms with E-state index in [0.29, 0.717) is 28.1 Å². The number of ether oxygens (including phenoxy) is 2. The first-order valence-electron chi connectivity index (χ1n) is 5.49. The van der Waals surface area contributed by atoms with E-state index in [-0.39, 0.29) is 6.01 Å². The van der Waals surface area contributed by atoms with Crippen LogP contribution < -0.4 is 14.8 Å². The van der Waals surface area contributed by atoms with E-state index in [1.165, 1.54) is 7.11 Å². The van der Waals surface area contributed by atoms with E-state index in [9.17, 15) is 0 Å². The van der Waals surface area contributed by atoms with Crippen LogP contribution in [0.1, 0.15) is 0 Å². The van der Waals surface area contributed by atoms with Gasteiger partial charge in [0.2, 0.25) is 5.95 Å². The summed E-state index contributed by atoms with van der Waals surface area (Å²) < 4.78 is 10.3. The molecule has 0 amide bonds. The number of hydrogen-bond donors (Lipinski definition) is 1. The van der Waals surface area contributed by atoms with Crippen molar-refractivity contribution in [3.05, 3.63) is 23.2 Å². The molecule has 0 aliphatic heterocycles. The summed E-state index contributed by atoms with van der Waals surface area (Å²) in [6.45, 7) is 0. The second-order valence-corrected chi connectivity index (χ2v) is 4.00. The van der Waals surface area contributed by atoms with Gasteiger partial charge in [-0.3, -0.25) is 0 Å². The maximum absolute atomic E-state index is 6.00. The SMILES string of the molecule is CNc1nc(OC)nc(-c2cc(Cl)ccc2OC)n1. The molecule has 6 nitrogen and oxygen atoms in total. The van der Waals surface area contributed by atoms with Gasteiger partial charge in [0.05, 0.1) is 19.8 Å². The van der Waals surface area contributed by atoms with Gasteiger partial charge in [-0.15, -0.1) is 0 Å². The van der Waals surface area contributed by atoms with Gasteiger partial charge in [0.25, 0.3) is 0 Å². The average molecular weight is 281 g/mol. The first-order chi connectivity index (χ1) is 9.17. The van der Waals surface area contributed by atoms with Crippen molar-refractivity contribution in [2.45, 2.75) is 0 Å². The average Bonchev–Trinajstić information content (AvgIpc) is 2.46. The van der Waals surface area contributed by atoms with Crippen molar-refractivity contribution < 1.29 is 9.47 Å². The molecular formula is C12H13ClN4O2. The summed E-state index contributed by atoms with van der Waals surface area (Å²) in [4.78, 5) is 12.5. The Morgan fingerprint density at radius 3 is 2.53 bits per heavy atom. The minimum Gasteiger partial charge on any atom is -0.496 e. The maximum Gasteiger partial charge on any atom is 0.321 e. The third-order valence-corrected chi connectivity index (χ3v) is 2.66. The summed E-state index contributed by atoms with van der Waals surface area (Å²) in [6.07, 6.45) is 0. The van der Waals surface area contributed by atoms with Crippen LogP contribution in [0.5, 0.6) is 11.8 Å². The monoisotopic (exact) mass is 280 g/mol. The van der Waals surface area contributed by atoms with Gasteiger partial charge in [-0.1, -0.05) is 11.6 Å². The predicted octanol–water partition coefficient (Wildman–Crippen LogP) is 2.25. The summed E-state index contributed by atoms with van der Waals surface area (Å²) in [5, 5.41) is 3.42. The molecule has 0 saturated heterocycles. The molecule has 1 heterocycles. The van der Waals surface area contributed by atoms with Crippen LogP contribution in [-0.4, -0.2) is 36.2 Å². The Kier molecular flexibility index (Phi) is 4.01. The largest absolute Gasteiger partial charge is 0.496 e. The molecule has 1 N–H and O–H groups in total. The van der Waals surface area contributed by atoms with E-state index in [2.05, 4.69) is 20.3 Å². The molecule has 0 aliphatic carbocycles. The summed E-state index contributed by atoms with van der Waals surface area (Å²) >= 11 is 6.00. The lowest BCUT2D eigenvalue weighted by Gasteiger charge is -2.09. The fraction of sp³-hybridized carbons (Fsp3) is 0.250. The Labute approximate surface area is 115 Å². The Morgan fingerprint density at radius 2 is 1.89 bits per heavy atom. The number of anilines is 1. The number of nitrogens with zero attached hydrogens (tertiary/aromatic N) is 3. The number of methoxy groups -OCH3 is 2. The normalized spacial score (nSPS) is 10.1. The molecule has 0 atom stereocenters. The van der Waals surface area contributed by atoms with Crippen molar-refractivity contribution in [2.24, 2.45) is 0 Å². The van der Waals surface area contributed by atoms with Crippen molar-refractivity contribution >= 4 is 17.5 Å². The zero-order valence-corrected chi connectivity index (χ0v) is 11.5. The third kappa shape index (κ3) is 2.85. The predicted molar refractivity (Wildman–Crippen MR) is 72.9 cm³/mol. The lowest BCUT2D eigenvalue weighted by atomic mass is 10.2. The van der Waals surface area contributed by atoms with Crippen LogP contribution in [0.3, 0.4) is 0 Å². The smallest absolute Gasteiger partial charge is 0.321 e. The summed E-state index contributed by atoms with van der Waals surface area (Å²) in [6, 6.07) is 5.44. The lowest BCUT2D eigenvalue weighted by Crippen LogP contribution is -2.03. The second-order valence-electron chi connectivity index (χ2n) is 3.56. The zero-order chi connectivity index (χ0) is 13.8. The van der Waals surface area contributed by atoms with Gasteiger partial charge < -0.3 is 14.8 Å². The first-order valence-corrected chi connectivity index (χ1v) is 5.87. The van der Waals surface area contributed by atoms with Crippen molar-refractivity contribution in [3.8, 4) is 23.1 Å². The number of nitrogens with one attached hydrogen (secondary N) is 1. The molecule has 19 heavy (non-hydrogen) atoms. The third-order valence-electron chi connectivity index (χ3n) is 2.42. The van der Waals surface area contributed by atoms with Crippen LogP contribution >= 0.6 is 11.6 Å². The van der Waals surface area contributed by atoms with E-state index in [0.717, 1.165) is 0 Å². The molecule has 0 spiro atoms. The molecular weight excluding hydrogens is 268 g/mol. The molecule has 100 valence electrons. The van der Waals surface area contributed by atoms with E-state index in [4.69, 9.17) is 21.1 Å². The van der Waals surface area contributed by atoms with E-state index >= 15 is 0 Å². The zero-order valence-electron chi connectivity index (χ0n) is 10.8. The Hall–Kier alpha value is -2.08. The van der Waals surface area contributed by atoms with Crippen molar-refractivity contribution in [1.29, 1.82) is 0 Å². The highest BCUT2D eigenvalue weighted by Crippen LogP contribution is 2.31. The van der Waals surface area contributed by atoms with Crippen LogP contribution in [-0.2, 0) is 0 Å². The molecule has 2 rings (SSSR count). The maximum atomic E-state index is 6.00. The van der Waals surface area contributed by atoms with Crippen molar-refractivity contribution in [1.82, 2.24) is 15.0 Å². The highest BCUT2D eigenvalue weighted by Gasteiger charge is 2.13. The Bertz CT molecular complexity index is 570. The fourth-order valence-corrected chi connectivity index (χ4v) is 1.71. The van der Waals surface area contributed by atoms with E-state index in [1.54, 1.807) is 32.4 Å². The molecule has 1 aromatic heterocycles. The number of aromatic nitrogens is 3. The molecule has 0 radical (unpaired) electrons. The van der Waals surface area contributed by atoms with Crippen LogP contribution in [0.2, 0.25) is 5.02 Å². The molecule has 0 bridgehead atoms. The van der Waals surface area contributed by atoms with Gasteiger partial charge in [0.15, 0.2) is 5.82 Å². The van der Waals surface area contributed by atoms with Crippen LogP contribution in [0.15, 0.2) is 18.2 Å². The molecule has 2 aromatic rings. The van der Waals surface area contributed by atoms with Gasteiger partial charge in [-0.05, 0) is 18.2 Å². The number of rotatable bonds is 4. The number of benzene rings is 1. The Balaban J connectivity index is 2.60. The molecule has 1 aromatic carbocycles. The molecule has 0 fully saturated rings. The van der Waals surface area contributed by atoms with E-state index in [1.807, 2.05) is 0 Å². The van der Waals surface area contributed by atoms with Crippen molar-refractivity contribution in [3.63, 3.8) is 0 Å². The van der Waals surface area contributed by atoms with Gasteiger partial charge in [0.1, 0.15) is 5.75 Å². The Morgan fingerprint density at radius 1 is 1.11 bits per heavy atom. The van der Waals surface area contributed by atoms with Crippen molar-refractivity contribution in [2.75, 3.05) is 26.6 Å². The summed E-state index contributed by atoms with van der Waals surface area (Å²) in [7, 11) is 4.78. The minimum atomic E-state index is 0.219. The van der Waals surface area contributed by atoms with Crippen LogP contribution in [0, 0.1) is 0 Å². The number of halogens is 1. The summed E-state index contributed by atoms with van der Waals surface area (Å²) in [5.41, 5.74) is 0.673. The highest BCUT2D eigenvalue weighted by atomic mass is 35.5. The number of hydrogen-bond acceptors (Lipinski definition) is 6. The van der Waals surface area contributed by atoms with E-state index < -0.39 is 0 Å². The molecule has 0 saturated carbocycles. The van der Waals surface area contributed by atoms with Crippen LogP contribution in [0.25, 0.3) is 11.4 Å². The molecule has 7 heteroatoms. The topological polar surface area (TPSA) is 69.2 Å². The van der Waals surface area contributed by atoms with Gasteiger partial charge >= 0.3 is 6.01 Å². The minimum absolute atomic E-state index is 0.219. The quantitative estimate of drug-likeness (QED) is 0.926. The second kappa shape index (κ2) is 5.71. The summed E-state index contributed by atoms with van der Waals surface area (Å²) in [5.74, 6) is 1.46. The first kappa shape index (κ1) is 13.4.